The number of rotatable bonds is 1. The summed E-state index contributed by atoms with van der Waals surface area (Å²) in [5.74, 6) is 0. The lowest BCUT2D eigenvalue weighted by Crippen LogP contribution is -1.88. The monoisotopic (exact) mass is 203 g/mol. The van der Waals surface area contributed by atoms with Crippen LogP contribution >= 0.6 is 0 Å². The van der Waals surface area contributed by atoms with Gasteiger partial charge in [0.05, 0.1) is 0 Å². The molecule has 0 aliphatic rings. The Labute approximate surface area is 90.5 Å². The topological polar surface area (TPSA) is 22.0 Å². The first-order valence-corrected chi connectivity index (χ1v) is 5.15. The number of fused-ring (bicyclic) bond motifs is 1. The first-order valence-electron chi connectivity index (χ1n) is 5.15. The van der Waals surface area contributed by atoms with Gasteiger partial charge in [0.25, 0.3) is 0 Å². The molecule has 1 heterocycles. The fourth-order valence-electron chi connectivity index (χ4n) is 1.43. The minimum atomic E-state index is 0.639. The molecule has 0 fully saturated rings. The van der Waals surface area contributed by atoms with Crippen LogP contribution in [0.2, 0.25) is 0 Å². The summed E-state index contributed by atoms with van der Waals surface area (Å²) < 4.78 is 2.20. The van der Waals surface area contributed by atoms with Gasteiger partial charge in [0.1, 0.15) is 6.29 Å². The van der Waals surface area contributed by atoms with E-state index in [1.165, 1.54) is 16.6 Å². The number of nitrogens with zero attached hydrogens (tertiary/aromatic N) is 1. The van der Waals surface area contributed by atoms with Crippen molar-refractivity contribution < 1.29 is 4.79 Å². The molecule has 0 saturated heterocycles. The number of carbonyl (C=O) groups excluding carboxylic acids is 1. The van der Waals surface area contributed by atoms with Gasteiger partial charge in [0.15, 0.2) is 0 Å². The Hall–Kier alpha value is -1.57. The maximum absolute atomic E-state index is 9.17. The number of benzene rings is 1. The Morgan fingerprint density at radius 2 is 1.93 bits per heavy atom. The second kappa shape index (κ2) is 5.35. The number of para-hydroxylation sites is 1. The largest absolute Gasteiger partial charge is 0.348 e. The molecule has 0 atom stereocenters. The van der Waals surface area contributed by atoms with Crippen molar-refractivity contribution in [2.75, 3.05) is 0 Å². The van der Waals surface area contributed by atoms with E-state index in [1.54, 1.807) is 0 Å². The van der Waals surface area contributed by atoms with Gasteiger partial charge in [-0.1, -0.05) is 25.1 Å². The lowest BCUT2D eigenvalue weighted by Gasteiger charge is -1.96. The predicted molar refractivity (Wildman–Crippen MR) is 64.0 cm³/mol. The fraction of sp³-hybridized carbons (Fsp3) is 0.308. The van der Waals surface area contributed by atoms with Gasteiger partial charge in [-0.15, -0.1) is 0 Å². The zero-order chi connectivity index (χ0) is 11.3. The van der Waals surface area contributed by atoms with Gasteiger partial charge in [-0.25, -0.2) is 0 Å². The van der Waals surface area contributed by atoms with Gasteiger partial charge in [-0.2, -0.15) is 0 Å². The van der Waals surface area contributed by atoms with Crippen molar-refractivity contribution >= 4 is 17.2 Å². The van der Waals surface area contributed by atoms with Gasteiger partial charge in [-0.3, -0.25) is 0 Å². The van der Waals surface area contributed by atoms with Crippen LogP contribution in [0.3, 0.4) is 0 Å². The van der Waals surface area contributed by atoms with Crippen LogP contribution in [0.1, 0.15) is 19.0 Å². The van der Waals surface area contributed by atoms with Gasteiger partial charge in [-0.05, 0) is 24.4 Å². The van der Waals surface area contributed by atoms with E-state index in [1.807, 2.05) is 6.92 Å². The molecule has 0 N–H and O–H groups in total. The summed E-state index contributed by atoms with van der Waals surface area (Å²) in [6.07, 6.45) is 1.51. The summed E-state index contributed by atoms with van der Waals surface area (Å²) in [6.45, 7) is 3.94. The van der Waals surface area contributed by atoms with E-state index >= 15 is 0 Å². The Bertz CT molecular complexity index is 443. The number of hydrogen-bond acceptors (Lipinski definition) is 1. The summed E-state index contributed by atoms with van der Waals surface area (Å²) in [6, 6.07) is 10.6. The number of aryl methyl sites for hydroxylation is 2. The average Bonchev–Trinajstić information content (AvgIpc) is 2.56. The molecule has 0 radical (unpaired) electrons. The number of aromatic nitrogens is 1. The normalized spacial score (nSPS) is 9.53. The van der Waals surface area contributed by atoms with Crippen LogP contribution in [0.5, 0.6) is 0 Å². The fourth-order valence-corrected chi connectivity index (χ4v) is 1.43. The smallest absolute Gasteiger partial charge is 0.119 e. The van der Waals surface area contributed by atoms with Crippen LogP contribution < -0.4 is 0 Å². The third-order valence-corrected chi connectivity index (χ3v) is 2.36. The van der Waals surface area contributed by atoms with Crippen LogP contribution in [0.15, 0.2) is 30.3 Å². The van der Waals surface area contributed by atoms with Crippen LogP contribution in [-0.4, -0.2) is 10.9 Å². The molecule has 0 amide bonds. The molecule has 2 nitrogen and oxygen atoms in total. The molecule has 15 heavy (non-hydrogen) atoms. The Balaban J connectivity index is 0.000000245. The Kier molecular flexibility index (Phi) is 4.10. The molecule has 2 heteroatoms. The van der Waals surface area contributed by atoms with Crippen molar-refractivity contribution in [2.45, 2.75) is 20.3 Å². The Morgan fingerprint density at radius 3 is 2.47 bits per heavy atom. The van der Waals surface area contributed by atoms with E-state index in [0.717, 1.165) is 6.29 Å². The summed E-state index contributed by atoms with van der Waals surface area (Å²) in [4.78, 5) is 9.17. The highest BCUT2D eigenvalue weighted by molar-refractivity contribution is 5.80. The van der Waals surface area contributed by atoms with E-state index in [-0.39, 0.29) is 0 Å². The van der Waals surface area contributed by atoms with Crippen LogP contribution in [0.4, 0.5) is 0 Å². The quantitative estimate of drug-likeness (QED) is 0.653. The van der Waals surface area contributed by atoms with Crippen molar-refractivity contribution in [3.8, 4) is 0 Å². The van der Waals surface area contributed by atoms with Gasteiger partial charge in [0, 0.05) is 24.7 Å². The zero-order valence-electron chi connectivity index (χ0n) is 9.53. The number of aldehydes is 1. The summed E-state index contributed by atoms with van der Waals surface area (Å²) in [7, 11) is 2.09. The standard InChI is InChI=1S/C10H11N.C3H6O/c1-8-7-9-5-3-4-6-10(9)11(8)2;1-2-3-4/h3-7H,1-2H3;3H,2H2,1H3. The highest BCUT2D eigenvalue weighted by Gasteiger charge is 1.98. The SMILES string of the molecule is CCC=O.Cc1cc2ccccc2n1C. The molecule has 80 valence electrons. The van der Waals surface area contributed by atoms with Crippen molar-refractivity contribution in [3.63, 3.8) is 0 Å². The molecule has 0 aliphatic carbocycles. The molecule has 0 aliphatic heterocycles. The van der Waals surface area contributed by atoms with Gasteiger partial charge >= 0.3 is 0 Å². The molecular formula is C13H17NO. The Morgan fingerprint density at radius 1 is 1.33 bits per heavy atom. The second-order valence-corrected chi connectivity index (χ2v) is 3.48. The van der Waals surface area contributed by atoms with E-state index in [4.69, 9.17) is 0 Å². The summed E-state index contributed by atoms with van der Waals surface area (Å²) in [5, 5.41) is 1.33. The highest BCUT2D eigenvalue weighted by Crippen LogP contribution is 2.16. The van der Waals surface area contributed by atoms with E-state index < -0.39 is 0 Å². The molecule has 0 unspecified atom stereocenters. The van der Waals surface area contributed by atoms with Gasteiger partial charge < -0.3 is 9.36 Å². The molecule has 1 aromatic carbocycles. The molecule has 2 aromatic rings. The molecule has 1 aromatic heterocycles. The minimum Gasteiger partial charge on any atom is -0.348 e. The number of hydrogen-bond donors (Lipinski definition) is 0. The molecule has 2 rings (SSSR count). The predicted octanol–water partition coefficient (Wildman–Crippen LogP) is 3.08. The first kappa shape index (κ1) is 11.5. The minimum absolute atomic E-state index is 0.639. The van der Waals surface area contributed by atoms with E-state index in [9.17, 15) is 4.79 Å². The van der Waals surface area contributed by atoms with E-state index in [0.29, 0.717) is 6.42 Å². The van der Waals surface area contributed by atoms with Crippen molar-refractivity contribution in [1.29, 1.82) is 0 Å². The summed E-state index contributed by atoms with van der Waals surface area (Å²) in [5.41, 5.74) is 2.62. The highest BCUT2D eigenvalue weighted by atomic mass is 16.1. The summed E-state index contributed by atoms with van der Waals surface area (Å²) >= 11 is 0. The maximum atomic E-state index is 9.17. The zero-order valence-corrected chi connectivity index (χ0v) is 9.53. The maximum Gasteiger partial charge on any atom is 0.119 e. The first-order chi connectivity index (χ1) is 7.20. The third-order valence-electron chi connectivity index (χ3n) is 2.36. The molecule has 0 saturated carbocycles. The lowest BCUT2D eigenvalue weighted by atomic mass is 10.2. The van der Waals surface area contributed by atoms with Crippen LogP contribution in [-0.2, 0) is 11.8 Å². The average molecular weight is 203 g/mol. The van der Waals surface area contributed by atoms with Gasteiger partial charge in [0.2, 0.25) is 0 Å². The number of carbonyl (C=O) groups is 1. The van der Waals surface area contributed by atoms with E-state index in [2.05, 4.69) is 48.9 Å². The van der Waals surface area contributed by atoms with Crippen LogP contribution in [0.25, 0.3) is 10.9 Å². The second-order valence-electron chi connectivity index (χ2n) is 3.48. The van der Waals surface area contributed by atoms with Crippen molar-refractivity contribution in [2.24, 2.45) is 7.05 Å². The molecule has 0 spiro atoms. The van der Waals surface area contributed by atoms with Crippen molar-refractivity contribution in [1.82, 2.24) is 4.57 Å². The third kappa shape index (κ3) is 2.69. The van der Waals surface area contributed by atoms with Crippen LogP contribution in [0, 0.1) is 6.92 Å². The molecule has 0 bridgehead atoms. The molecular weight excluding hydrogens is 186 g/mol. The lowest BCUT2D eigenvalue weighted by molar-refractivity contribution is -0.107. The van der Waals surface area contributed by atoms with Crippen molar-refractivity contribution in [3.05, 3.63) is 36.0 Å².